The molecule has 0 aromatic heterocycles. The molecular weight excluding hydrogens is 148 g/mol. The van der Waals surface area contributed by atoms with E-state index in [0.717, 1.165) is 19.0 Å². The van der Waals surface area contributed by atoms with Crippen LogP contribution in [0, 0.1) is 0 Å². The molecule has 0 atom stereocenters. The SMILES string of the molecule is CC(C)(N)CCCNC1CCC1. The Hall–Kier alpha value is -0.0800. The first-order valence-corrected chi connectivity index (χ1v) is 5.10. The zero-order valence-corrected chi connectivity index (χ0v) is 8.40. The summed E-state index contributed by atoms with van der Waals surface area (Å²) in [5.41, 5.74) is 5.89. The topological polar surface area (TPSA) is 38.0 Å². The molecule has 12 heavy (non-hydrogen) atoms. The lowest BCUT2D eigenvalue weighted by Gasteiger charge is -2.27. The van der Waals surface area contributed by atoms with Crippen LogP contribution in [0.15, 0.2) is 0 Å². The standard InChI is InChI=1S/C10H22N2/c1-10(2,11)7-4-8-12-9-5-3-6-9/h9,12H,3-8,11H2,1-2H3. The van der Waals surface area contributed by atoms with Gasteiger partial charge in [0.05, 0.1) is 0 Å². The fourth-order valence-corrected chi connectivity index (χ4v) is 1.46. The van der Waals surface area contributed by atoms with E-state index in [1.165, 1.54) is 25.7 Å². The lowest BCUT2D eigenvalue weighted by molar-refractivity contribution is 0.330. The van der Waals surface area contributed by atoms with Crippen LogP contribution in [0.3, 0.4) is 0 Å². The Kier molecular flexibility index (Phi) is 3.53. The molecule has 3 N–H and O–H groups in total. The van der Waals surface area contributed by atoms with Crippen molar-refractivity contribution < 1.29 is 0 Å². The average Bonchev–Trinajstić information content (AvgIpc) is 1.80. The van der Waals surface area contributed by atoms with Gasteiger partial charge in [0, 0.05) is 11.6 Å². The summed E-state index contributed by atoms with van der Waals surface area (Å²) >= 11 is 0. The van der Waals surface area contributed by atoms with Crippen LogP contribution in [-0.4, -0.2) is 18.1 Å². The van der Waals surface area contributed by atoms with Crippen molar-refractivity contribution in [3.05, 3.63) is 0 Å². The van der Waals surface area contributed by atoms with Gasteiger partial charge in [0.15, 0.2) is 0 Å². The van der Waals surface area contributed by atoms with Crippen LogP contribution in [-0.2, 0) is 0 Å². The maximum Gasteiger partial charge on any atom is 0.00975 e. The summed E-state index contributed by atoms with van der Waals surface area (Å²) in [6.07, 6.45) is 6.50. The average molecular weight is 170 g/mol. The predicted octanol–water partition coefficient (Wildman–Crippen LogP) is 1.65. The second-order valence-corrected chi connectivity index (χ2v) is 4.67. The molecular formula is C10H22N2. The third-order valence-corrected chi connectivity index (χ3v) is 2.54. The Balaban J connectivity index is 1.88. The smallest absolute Gasteiger partial charge is 0.00975 e. The molecule has 1 aliphatic rings. The maximum absolute atomic E-state index is 5.87. The van der Waals surface area contributed by atoms with Gasteiger partial charge in [-0.3, -0.25) is 0 Å². The Morgan fingerprint density at radius 3 is 2.50 bits per heavy atom. The lowest BCUT2D eigenvalue weighted by Crippen LogP contribution is -2.37. The number of hydrogen-bond donors (Lipinski definition) is 2. The molecule has 0 bridgehead atoms. The van der Waals surface area contributed by atoms with E-state index in [1.54, 1.807) is 0 Å². The highest BCUT2D eigenvalue weighted by atomic mass is 14.9. The second kappa shape index (κ2) is 4.24. The molecule has 1 fully saturated rings. The third kappa shape index (κ3) is 4.07. The molecule has 2 nitrogen and oxygen atoms in total. The first-order valence-electron chi connectivity index (χ1n) is 5.10. The zero-order valence-electron chi connectivity index (χ0n) is 8.40. The van der Waals surface area contributed by atoms with Gasteiger partial charge < -0.3 is 11.1 Å². The van der Waals surface area contributed by atoms with Gasteiger partial charge in [-0.2, -0.15) is 0 Å². The van der Waals surface area contributed by atoms with Crippen molar-refractivity contribution in [2.45, 2.75) is 57.5 Å². The van der Waals surface area contributed by atoms with Crippen LogP contribution in [0.25, 0.3) is 0 Å². The summed E-state index contributed by atoms with van der Waals surface area (Å²) in [5, 5.41) is 3.54. The summed E-state index contributed by atoms with van der Waals surface area (Å²) < 4.78 is 0. The summed E-state index contributed by atoms with van der Waals surface area (Å²) in [6, 6.07) is 0.825. The largest absolute Gasteiger partial charge is 0.326 e. The number of rotatable bonds is 5. The minimum Gasteiger partial charge on any atom is -0.326 e. The van der Waals surface area contributed by atoms with E-state index < -0.39 is 0 Å². The molecule has 1 rings (SSSR count). The minimum absolute atomic E-state index is 0.0152. The number of hydrogen-bond acceptors (Lipinski definition) is 2. The minimum atomic E-state index is 0.0152. The zero-order chi connectivity index (χ0) is 9.03. The highest BCUT2D eigenvalue weighted by Crippen LogP contribution is 2.18. The van der Waals surface area contributed by atoms with E-state index in [9.17, 15) is 0 Å². The quantitative estimate of drug-likeness (QED) is 0.616. The summed E-state index contributed by atoms with van der Waals surface area (Å²) in [7, 11) is 0. The molecule has 0 radical (unpaired) electrons. The van der Waals surface area contributed by atoms with Crippen molar-refractivity contribution in [3.63, 3.8) is 0 Å². The van der Waals surface area contributed by atoms with Gasteiger partial charge in [0.2, 0.25) is 0 Å². The molecule has 0 amide bonds. The van der Waals surface area contributed by atoms with Crippen LogP contribution in [0.4, 0.5) is 0 Å². The Bertz CT molecular complexity index is 122. The summed E-state index contributed by atoms with van der Waals surface area (Å²) in [5.74, 6) is 0. The van der Waals surface area contributed by atoms with Crippen LogP contribution < -0.4 is 11.1 Å². The van der Waals surface area contributed by atoms with Gasteiger partial charge in [-0.15, -0.1) is 0 Å². The molecule has 0 aromatic rings. The molecule has 0 saturated heterocycles. The van der Waals surface area contributed by atoms with Crippen molar-refractivity contribution in [2.75, 3.05) is 6.54 Å². The normalized spacial score (nSPS) is 19.2. The van der Waals surface area contributed by atoms with Crippen LogP contribution >= 0.6 is 0 Å². The monoisotopic (exact) mass is 170 g/mol. The van der Waals surface area contributed by atoms with Crippen molar-refractivity contribution in [2.24, 2.45) is 5.73 Å². The highest BCUT2D eigenvalue weighted by Gasteiger charge is 2.16. The van der Waals surface area contributed by atoms with E-state index in [4.69, 9.17) is 5.73 Å². The van der Waals surface area contributed by atoms with Crippen molar-refractivity contribution in [1.29, 1.82) is 0 Å². The van der Waals surface area contributed by atoms with Crippen molar-refractivity contribution in [1.82, 2.24) is 5.32 Å². The van der Waals surface area contributed by atoms with Gasteiger partial charge in [-0.05, 0) is 46.1 Å². The molecule has 2 heteroatoms. The molecule has 0 aliphatic heterocycles. The molecule has 0 unspecified atom stereocenters. The van der Waals surface area contributed by atoms with Crippen molar-refractivity contribution in [3.8, 4) is 0 Å². The Morgan fingerprint density at radius 2 is 2.08 bits per heavy atom. The van der Waals surface area contributed by atoms with Crippen LogP contribution in [0.5, 0.6) is 0 Å². The van der Waals surface area contributed by atoms with Crippen LogP contribution in [0.2, 0.25) is 0 Å². The number of nitrogens with two attached hydrogens (primary N) is 1. The summed E-state index contributed by atoms with van der Waals surface area (Å²) in [4.78, 5) is 0. The molecule has 0 spiro atoms. The lowest BCUT2D eigenvalue weighted by atomic mass is 9.93. The summed E-state index contributed by atoms with van der Waals surface area (Å²) in [6.45, 7) is 5.33. The van der Waals surface area contributed by atoms with E-state index in [1.807, 2.05) is 0 Å². The molecule has 72 valence electrons. The van der Waals surface area contributed by atoms with Crippen molar-refractivity contribution >= 4 is 0 Å². The first kappa shape index (κ1) is 10.0. The van der Waals surface area contributed by atoms with E-state index in [-0.39, 0.29) is 5.54 Å². The fourth-order valence-electron chi connectivity index (χ4n) is 1.46. The van der Waals surface area contributed by atoms with Gasteiger partial charge >= 0.3 is 0 Å². The van der Waals surface area contributed by atoms with Crippen LogP contribution in [0.1, 0.15) is 46.0 Å². The molecule has 1 aliphatic carbocycles. The Labute approximate surface area is 75.9 Å². The van der Waals surface area contributed by atoms with Gasteiger partial charge in [-0.1, -0.05) is 6.42 Å². The van der Waals surface area contributed by atoms with E-state index >= 15 is 0 Å². The maximum atomic E-state index is 5.87. The van der Waals surface area contributed by atoms with Gasteiger partial charge in [-0.25, -0.2) is 0 Å². The Morgan fingerprint density at radius 1 is 1.42 bits per heavy atom. The second-order valence-electron chi connectivity index (χ2n) is 4.67. The predicted molar refractivity (Wildman–Crippen MR) is 53.1 cm³/mol. The third-order valence-electron chi connectivity index (χ3n) is 2.54. The highest BCUT2D eigenvalue weighted by molar-refractivity contribution is 4.77. The molecule has 0 aromatic carbocycles. The first-order chi connectivity index (χ1) is 5.58. The van der Waals surface area contributed by atoms with Gasteiger partial charge in [0.1, 0.15) is 0 Å². The molecule has 0 heterocycles. The molecule has 1 saturated carbocycles. The van der Waals surface area contributed by atoms with E-state index in [2.05, 4.69) is 19.2 Å². The number of nitrogens with one attached hydrogen (secondary N) is 1. The fraction of sp³-hybridized carbons (Fsp3) is 1.00. The van der Waals surface area contributed by atoms with Gasteiger partial charge in [0.25, 0.3) is 0 Å². The van der Waals surface area contributed by atoms with E-state index in [0.29, 0.717) is 0 Å².